The van der Waals surface area contributed by atoms with Crippen molar-refractivity contribution in [1.29, 1.82) is 0 Å². The lowest BCUT2D eigenvalue weighted by atomic mass is 10.1. The van der Waals surface area contributed by atoms with Crippen molar-refractivity contribution >= 4 is 33.1 Å². The molecule has 3 aromatic carbocycles. The number of nitrogens with one attached hydrogen (secondary N) is 2. The number of aryl methyl sites for hydroxylation is 1. The summed E-state index contributed by atoms with van der Waals surface area (Å²) in [4.78, 5) is 12.6. The van der Waals surface area contributed by atoms with Gasteiger partial charge in [-0.1, -0.05) is 18.2 Å². The van der Waals surface area contributed by atoms with E-state index in [0.717, 1.165) is 5.56 Å². The highest BCUT2D eigenvalue weighted by Gasteiger charge is 2.28. The summed E-state index contributed by atoms with van der Waals surface area (Å²) in [6.07, 6.45) is 0. The van der Waals surface area contributed by atoms with Crippen LogP contribution in [0.1, 0.15) is 21.5 Å². The third kappa shape index (κ3) is 3.70. The second-order valence-corrected chi connectivity index (χ2v) is 8.16. The van der Waals surface area contributed by atoms with Crippen molar-refractivity contribution in [3.05, 3.63) is 83.4 Å². The van der Waals surface area contributed by atoms with Crippen LogP contribution in [0.5, 0.6) is 5.75 Å². The molecule has 0 saturated heterocycles. The van der Waals surface area contributed by atoms with E-state index in [9.17, 15) is 18.3 Å². The number of amidine groups is 1. The van der Waals surface area contributed by atoms with Crippen LogP contribution in [0.4, 0.5) is 11.4 Å². The van der Waals surface area contributed by atoms with Gasteiger partial charge in [0.1, 0.15) is 10.6 Å². The fourth-order valence-electron chi connectivity index (χ4n) is 2.98. The number of nitrogens with zero attached hydrogens (tertiary/aromatic N) is 1. The number of carbonyl (C=O) groups excluding carboxylic acids is 1. The Morgan fingerprint density at radius 3 is 2.45 bits per heavy atom. The summed E-state index contributed by atoms with van der Waals surface area (Å²) < 4.78 is 28.0. The van der Waals surface area contributed by atoms with Crippen LogP contribution < -0.4 is 10.6 Å². The minimum atomic E-state index is -3.70. The van der Waals surface area contributed by atoms with E-state index in [0.29, 0.717) is 22.5 Å². The number of hydrogen-bond donors (Lipinski definition) is 3. The molecular formula is C21H17N3O4S. The van der Waals surface area contributed by atoms with Crippen molar-refractivity contribution in [3.8, 4) is 5.75 Å². The lowest BCUT2D eigenvalue weighted by Crippen LogP contribution is -2.13. The number of phenolic OH excluding ortho intramolecular Hbond substituents is 1. The first-order valence-corrected chi connectivity index (χ1v) is 10.2. The van der Waals surface area contributed by atoms with Gasteiger partial charge in [-0.15, -0.1) is 4.40 Å². The number of phenols is 1. The molecule has 8 heteroatoms. The van der Waals surface area contributed by atoms with Gasteiger partial charge >= 0.3 is 0 Å². The van der Waals surface area contributed by atoms with Crippen molar-refractivity contribution in [2.24, 2.45) is 4.40 Å². The molecule has 0 spiro atoms. The topological polar surface area (TPSA) is 108 Å². The Labute approximate surface area is 167 Å². The number of anilines is 2. The van der Waals surface area contributed by atoms with Gasteiger partial charge in [-0.25, -0.2) is 0 Å². The fraction of sp³-hybridized carbons (Fsp3) is 0.0476. The molecule has 1 amide bonds. The number of fused-ring (bicyclic) bond motifs is 1. The van der Waals surface area contributed by atoms with Crippen LogP contribution in [0.25, 0.3) is 0 Å². The van der Waals surface area contributed by atoms with Gasteiger partial charge in [0.15, 0.2) is 5.84 Å². The molecule has 0 bridgehead atoms. The van der Waals surface area contributed by atoms with Gasteiger partial charge in [-0.05, 0) is 61.0 Å². The Kier molecular flexibility index (Phi) is 4.56. The van der Waals surface area contributed by atoms with Gasteiger partial charge in [-0.3, -0.25) is 4.79 Å². The molecule has 3 N–H and O–H groups in total. The molecule has 0 saturated carbocycles. The zero-order valence-corrected chi connectivity index (χ0v) is 16.2. The van der Waals surface area contributed by atoms with Gasteiger partial charge < -0.3 is 15.7 Å². The smallest absolute Gasteiger partial charge is 0.285 e. The molecule has 1 aliphatic rings. The van der Waals surface area contributed by atoms with Gasteiger partial charge in [0.2, 0.25) is 0 Å². The van der Waals surface area contributed by atoms with E-state index in [1.54, 1.807) is 60.7 Å². The summed E-state index contributed by atoms with van der Waals surface area (Å²) in [5.41, 5.74) is 2.69. The molecule has 4 rings (SSSR count). The molecule has 1 heterocycles. The average Bonchev–Trinajstić information content (AvgIpc) is 2.95. The quantitative estimate of drug-likeness (QED) is 0.576. The van der Waals surface area contributed by atoms with E-state index in [2.05, 4.69) is 15.0 Å². The monoisotopic (exact) mass is 407 g/mol. The van der Waals surface area contributed by atoms with E-state index >= 15 is 0 Å². The standard InChI is InChI=1S/C21H17N3O4S/c1-13-6-11-17(18(25)12-13)23-21(26)14-7-9-15(10-8-14)22-20-16-4-2-3-5-19(16)29(27,28)24-20/h2-12,25H,1H3,(H,22,24)(H,23,26). The fourth-order valence-corrected chi connectivity index (χ4v) is 4.16. The van der Waals surface area contributed by atoms with Gasteiger partial charge in [0.05, 0.1) is 5.69 Å². The molecule has 0 radical (unpaired) electrons. The van der Waals surface area contributed by atoms with E-state index in [1.807, 2.05) is 6.92 Å². The van der Waals surface area contributed by atoms with E-state index in [1.165, 1.54) is 6.07 Å². The van der Waals surface area contributed by atoms with Crippen LogP contribution in [-0.2, 0) is 10.0 Å². The predicted molar refractivity (Wildman–Crippen MR) is 111 cm³/mol. The Balaban J connectivity index is 1.51. The summed E-state index contributed by atoms with van der Waals surface area (Å²) >= 11 is 0. The van der Waals surface area contributed by atoms with Crippen LogP contribution in [0, 0.1) is 6.92 Å². The molecule has 146 valence electrons. The third-order valence-electron chi connectivity index (χ3n) is 4.44. The summed E-state index contributed by atoms with van der Waals surface area (Å²) in [5, 5.41) is 15.6. The summed E-state index contributed by atoms with van der Waals surface area (Å²) in [5.74, 6) is -0.139. The van der Waals surface area contributed by atoms with Crippen molar-refractivity contribution < 1.29 is 18.3 Å². The normalized spacial score (nSPS) is 14.0. The van der Waals surface area contributed by atoms with Crippen LogP contribution in [0.3, 0.4) is 0 Å². The molecule has 7 nitrogen and oxygen atoms in total. The number of amides is 1. The number of aromatic hydroxyl groups is 1. The van der Waals surface area contributed by atoms with Crippen LogP contribution in [0.2, 0.25) is 0 Å². The summed E-state index contributed by atoms with van der Waals surface area (Å²) in [7, 11) is -3.70. The minimum Gasteiger partial charge on any atom is -0.506 e. The van der Waals surface area contributed by atoms with Crippen molar-refractivity contribution in [2.45, 2.75) is 11.8 Å². The summed E-state index contributed by atoms with van der Waals surface area (Å²) in [6, 6.07) is 18.1. The SMILES string of the molecule is Cc1ccc(NC(=O)c2ccc(NC3=NS(=O)(=O)c4ccccc43)cc2)c(O)c1. The molecule has 0 atom stereocenters. The highest BCUT2D eigenvalue weighted by Crippen LogP contribution is 2.27. The highest BCUT2D eigenvalue weighted by atomic mass is 32.2. The molecule has 3 aromatic rings. The van der Waals surface area contributed by atoms with E-state index in [4.69, 9.17) is 0 Å². The lowest BCUT2D eigenvalue weighted by molar-refractivity contribution is 0.102. The first-order valence-electron chi connectivity index (χ1n) is 8.76. The first kappa shape index (κ1) is 18.7. The number of rotatable bonds is 3. The Bertz CT molecular complexity index is 1250. The van der Waals surface area contributed by atoms with Crippen molar-refractivity contribution in [1.82, 2.24) is 0 Å². The first-order chi connectivity index (χ1) is 13.8. The minimum absolute atomic E-state index is 0.00393. The highest BCUT2D eigenvalue weighted by molar-refractivity contribution is 7.90. The maximum atomic E-state index is 12.4. The number of sulfonamides is 1. The van der Waals surface area contributed by atoms with E-state index in [-0.39, 0.29) is 22.4 Å². The maximum Gasteiger partial charge on any atom is 0.285 e. The van der Waals surface area contributed by atoms with Gasteiger partial charge in [0, 0.05) is 16.8 Å². The Hall–Kier alpha value is -3.65. The second kappa shape index (κ2) is 7.06. The Morgan fingerprint density at radius 2 is 1.72 bits per heavy atom. The zero-order chi connectivity index (χ0) is 20.6. The lowest BCUT2D eigenvalue weighted by Gasteiger charge is -2.10. The number of carbonyl (C=O) groups is 1. The van der Waals surface area contributed by atoms with Crippen molar-refractivity contribution in [2.75, 3.05) is 10.6 Å². The van der Waals surface area contributed by atoms with Crippen LogP contribution in [0.15, 0.2) is 76.0 Å². The summed E-state index contributed by atoms with van der Waals surface area (Å²) in [6.45, 7) is 1.84. The molecule has 0 aromatic heterocycles. The molecule has 0 aliphatic carbocycles. The molecular weight excluding hydrogens is 390 g/mol. The average molecular weight is 407 g/mol. The number of hydrogen-bond acceptors (Lipinski definition) is 5. The predicted octanol–water partition coefficient (Wildman–Crippen LogP) is 3.51. The molecule has 1 aliphatic heterocycles. The van der Waals surface area contributed by atoms with Gasteiger partial charge in [0.25, 0.3) is 15.9 Å². The van der Waals surface area contributed by atoms with Crippen LogP contribution in [-0.4, -0.2) is 25.3 Å². The molecule has 0 unspecified atom stereocenters. The number of benzene rings is 3. The maximum absolute atomic E-state index is 12.4. The molecule has 0 fully saturated rings. The van der Waals surface area contributed by atoms with E-state index < -0.39 is 10.0 Å². The van der Waals surface area contributed by atoms with Crippen molar-refractivity contribution in [3.63, 3.8) is 0 Å². The third-order valence-corrected chi connectivity index (χ3v) is 5.78. The Morgan fingerprint density at radius 1 is 1.00 bits per heavy atom. The van der Waals surface area contributed by atoms with Gasteiger partial charge in [-0.2, -0.15) is 8.42 Å². The van der Waals surface area contributed by atoms with Crippen LogP contribution >= 0.6 is 0 Å². The second-order valence-electron chi connectivity index (χ2n) is 6.59. The molecule has 29 heavy (non-hydrogen) atoms. The largest absolute Gasteiger partial charge is 0.506 e. The zero-order valence-electron chi connectivity index (χ0n) is 15.4.